The van der Waals surface area contributed by atoms with Crippen molar-refractivity contribution in [2.75, 3.05) is 6.61 Å². The van der Waals surface area contributed by atoms with Crippen molar-refractivity contribution in [3.63, 3.8) is 0 Å². The summed E-state index contributed by atoms with van der Waals surface area (Å²) < 4.78 is 5.27. The van der Waals surface area contributed by atoms with Crippen molar-refractivity contribution in [3.8, 4) is 0 Å². The van der Waals surface area contributed by atoms with Gasteiger partial charge < -0.3 is 9.72 Å². The van der Waals surface area contributed by atoms with E-state index < -0.39 is 0 Å². The largest absolute Gasteiger partial charge is 0.491 e. The summed E-state index contributed by atoms with van der Waals surface area (Å²) in [5.41, 5.74) is 1.61. The summed E-state index contributed by atoms with van der Waals surface area (Å²) in [5.74, 6) is 1.15. The summed E-state index contributed by atoms with van der Waals surface area (Å²) in [7, 11) is 0. The topological polar surface area (TPSA) is 55.0 Å². The highest BCUT2D eigenvalue weighted by Crippen LogP contribution is 2.19. The summed E-state index contributed by atoms with van der Waals surface area (Å²) in [5, 5.41) is 0.597. The second-order valence-electron chi connectivity index (χ2n) is 4.70. The van der Waals surface area contributed by atoms with Crippen LogP contribution in [0.15, 0.2) is 29.6 Å². The Hall–Kier alpha value is -2.10. The molecule has 0 saturated heterocycles. The average molecular weight is 258 g/mol. The van der Waals surface area contributed by atoms with Crippen LogP contribution in [0.1, 0.15) is 38.1 Å². The Bertz CT molecular complexity index is 671. The fourth-order valence-electron chi connectivity index (χ4n) is 1.89. The maximum atomic E-state index is 12.1. The third kappa shape index (κ3) is 2.67. The maximum Gasteiger partial charge on any atom is 0.259 e. The molecular formula is C15H18N2O2. The molecule has 0 atom stereocenters. The van der Waals surface area contributed by atoms with E-state index in [0.717, 1.165) is 5.56 Å². The third-order valence-electron chi connectivity index (χ3n) is 2.98. The maximum absolute atomic E-state index is 12.1. The molecule has 4 nitrogen and oxygen atoms in total. The molecule has 19 heavy (non-hydrogen) atoms. The van der Waals surface area contributed by atoms with Gasteiger partial charge in [0.2, 0.25) is 0 Å². The number of benzene rings is 1. The van der Waals surface area contributed by atoms with Gasteiger partial charge in [0.25, 0.3) is 5.56 Å². The minimum atomic E-state index is -0.164. The summed E-state index contributed by atoms with van der Waals surface area (Å²) in [6, 6.07) is 5.74. The molecule has 0 saturated carbocycles. The first-order valence-electron chi connectivity index (χ1n) is 6.39. The monoisotopic (exact) mass is 258 g/mol. The molecule has 0 radical (unpaired) electrons. The van der Waals surface area contributed by atoms with Crippen LogP contribution in [0.2, 0.25) is 0 Å². The fraction of sp³-hybridized carbons (Fsp3) is 0.333. The molecule has 1 N–H and O–H groups in total. The zero-order valence-electron chi connectivity index (χ0n) is 11.5. The number of hydrogen-bond donors (Lipinski definition) is 1. The minimum absolute atomic E-state index is 0.164. The molecule has 0 spiro atoms. The van der Waals surface area contributed by atoms with Gasteiger partial charge in [0, 0.05) is 0 Å². The molecule has 100 valence electrons. The summed E-state index contributed by atoms with van der Waals surface area (Å²) >= 11 is 0. The van der Waals surface area contributed by atoms with Crippen molar-refractivity contribution in [1.29, 1.82) is 0 Å². The molecule has 2 aromatic rings. The Morgan fingerprint density at radius 3 is 2.84 bits per heavy atom. The van der Waals surface area contributed by atoms with Crippen LogP contribution in [0, 0.1) is 0 Å². The molecule has 0 unspecified atom stereocenters. The van der Waals surface area contributed by atoms with E-state index in [-0.39, 0.29) is 5.56 Å². The first-order valence-corrected chi connectivity index (χ1v) is 6.39. The number of ether oxygens (including phenoxy) is 1. The lowest BCUT2D eigenvalue weighted by molar-refractivity contribution is 0.296. The van der Waals surface area contributed by atoms with Crippen molar-refractivity contribution in [2.24, 2.45) is 0 Å². The van der Waals surface area contributed by atoms with E-state index in [1.54, 1.807) is 0 Å². The van der Waals surface area contributed by atoms with Gasteiger partial charge in [-0.05, 0) is 30.5 Å². The van der Waals surface area contributed by atoms with Crippen LogP contribution in [0.3, 0.4) is 0 Å². The van der Waals surface area contributed by atoms with Crippen molar-refractivity contribution in [1.82, 2.24) is 9.97 Å². The predicted molar refractivity (Wildman–Crippen MR) is 77.1 cm³/mol. The highest BCUT2D eigenvalue weighted by Gasteiger charge is 2.09. The van der Waals surface area contributed by atoms with E-state index >= 15 is 0 Å². The van der Waals surface area contributed by atoms with Gasteiger partial charge in [-0.15, -0.1) is 0 Å². The molecule has 0 fully saturated rings. The second-order valence-corrected chi connectivity index (χ2v) is 4.70. The van der Waals surface area contributed by atoms with Gasteiger partial charge in [-0.3, -0.25) is 4.79 Å². The lowest BCUT2D eigenvalue weighted by atomic mass is 10.0. The van der Waals surface area contributed by atoms with Gasteiger partial charge in [-0.1, -0.05) is 26.5 Å². The predicted octanol–water partition coefficient (Wildman–Crippen LogP) is 3.05. The van der Waals surface area contributed by atoms with Crippen LogP contribution in [-0.4, -0.2) is 16.6 Å². The first-order chi connectivity index (χ1) is 9.02. The molecule has 0 aliphatic heterocycles. The van der Waals surface area contributed by atoms with Gasteiger partial charge in [-0.25, -0.2) is 4.98 Å². The molecule has 4 heteroatoms. The van der Waals surface area contributed by atoms with Crippen LogP contribution >= 0.6 is 0 Å². The summed E-state index contributed by atoms with van der Waals surface area (Å²) in [4.78, 5) is 19.2. The van der Waals surface area contributed by atoms with E-state index in [2.05, 4.69) is 30.4 Å². The quantitative estimate of drug-likeness (QED) is 0.857. The number of nitrogens with zero attached hydrogens (tertiary/aromatic N) is 1. The highest BCUT2D eigenvalue weighted by molar-refractivity contribution is 5.79. The van der Waals surface area contributed by atoms with Gasteiger partial charge in [-0.2, -0.15) is 0 Å². The Kier molecular flexibility index (Phi) is 3.69. The standard InChI is InChI=1S/C15H18N2O2/c1-5-19-10(4)14-16-13-7-6-11(9(2)3)8-12(13)15(18)17-14/h6-9H,4-5H2,1-3H3,(H,16,17,18). The minimum Gasteiger partial charge on any atom is -0.491 e. The molecular weight excluding hydrogens is 240 g/mol. The zero-order chi connectivity index (χ0) is 14.0. The number of nitrogens with one attached hydrogen (secondary N) is 1. The Balaban J connectivity index is 2.56. The Labute approximate surface area is 112 Å². The molecule has 0 aliphatic rings. The number of aromatic amines is 1. The van der Waals surface area contributed by atoms with E-state index in [1.807, 2.05) is 25.1 Å². The average Bonchev–Trinajstić information content (AvgIpc) is 2.38. The smallest absolute Gasteiger partial charge is 0.259 e. The SMILES string of the molecule is C=C(OCC)c1nc2ccc(C(C)C)cc2c(=O)[nH]1. The molecule has 1 aromatic heterocycles. The number of hydrogen-bond acceptors (Lipinski definition) is 3. The first kappa shape index (κ1) is 13.3. The summed E-state index contributed by atoms with van der Waals surface area (Å²) in [6.07, 6.45) is 0. The number of fused-ring (bicyclic) bond motifs is 1. The van der Waals surface area contributed by atoms with Gasteiger partial charge in [0.1, 0.15) is 0 Å². The lowest BCUT2D eigenvalue weighted by Crippen LogP contribution is -2.12. The number of rotatable bonds is 4. The second kappa shape index (κ2) is 5.26. The highest BCUT2D eigenvalue weighted by atomic mass is 16.5. The van der Waals surface area contributed by atoms with Crippen molar-refractivity contribution >= 4 is 16.7 Å². The number of aromatic nitrogens is 2. The van der Waals surface area contributed by atoms with E-state index in [0.29, 0.717) is 35.0 Å². The normalized spacial score (nSPS) is 10.9. The number of H-pyrrole nitrogens is 1. The van der Waals surface area contributed by atoms with Crippen molar-refractivity contribution in [2.45, 2.75) is 26.7 Å². The Morgan fingerprint density at radius 1 is 1.47 bits per heavy atom. The van der Waals surface area contributed by atoms with Crippen LogP contribution in [0.4, 0.5) is 0 Å². The van der Waals surface area contributed by atoms with Crippen LogP contribution in [0.25, 0.3) is 16.7 Å². The van der Waals surface area contributed by atoms with Crippen LogP contribution < -0.4 is 5.56 Å². The zero-order valence-corrected chi connectivity index (χ0v) is 11.5. The summed E-state index contributed by atoms with van der Waals surface area (Å²) in [6.45, 7) is 10.3. The fourth-order valence-corrected chi connectivity index (χ4v) is 1.89. The van der Waals surface area contributed by atoms with Gasteiger partial charge >= 0.3 is 0 Å². The molecule has 1 aromatic carbocycles. The molecule has 1 heterocycles. The van der Waals surface area contributed by atoms with Crippen LogP contribution in [-0.2, 0) is 4.74 Å². The van der Waals surface area contributed by atoms with E-state index in [1.165, 1.54) is 0 Å². The molecule has 0 bridgehead atoms. The van der Waals surface area contributed by atoms with E-state index in [4.69, 9.17) is 4.74 Å². The molecule has 2 rings (SSSR count). The van der Waals surface area contributed by atoms with Crippen molar-refractivity contribution in [3.05, 3.63) is 46.5 Å². The van der Waals surface area contributed by atoms with Gasteiger partial charge in [0.05, 0.1) is 17.5 Å². The third-order valence-corrected chi connectivity index (χ3v) is 2.98. The van der Waals surface area contributed by atoms with Crippen molar-refractivity contribution < 1.29 is 4.74 Å². The van der Waals surface area contributed by atoms with Gasteiger partial charge in [0.15, 0.2) is 11.6 Å². The van der Waals surface area contributed by atoms with E-state index in [9.17, 15) is 4.79 Å². The Morgan fingerprint density at radius 2 is 2.21 bits per heavy atom. The molecule has 0 aliphatic carbocycles. The lowest BCUT2D eigenvalue weighted by Gasteiger charge is -2.09. The molecule has 0 amide bonds. The van der Waals surface area contributed by atoms with Crippen LogP contribution in [0.5, 0.6) is 0 Å².